The number of hydrogen-bond donors (Lipinski definition) is 1. The van der Waals surface area contributed by atoms with E-state index in [0.717, 1.165) is 74.5 Å². The largest absolute Gasteiger partial charge is 0.364 e. The summed E-state index contributed by atoms with van der Waals surface area (Å²) in [5.74, 6) is 2.49. The lowest BCUT2D eigenvalue weighted by atomic mass is 10.2. The third-order valence-corrected chi connectivity index (χ3v) is 5.17. The molecule has 7 nitrogen and oxygen atoms in total. The van der Waals surface area contributed by atoms with Gasteiger partial charge in [-0.25, -0.2) is 15.0 Å². The minimum Gasteiger partial charge on any atom is -0.364 e. The lowest BCUT2D eigenvalue weighted by Gasteiger charge is -2.17. The molecule has 0 spiro atoms. The highest BCUT2D eigenvalue weighted by Crippen LogP contribution is 2.32. The fourth-order valence-electron chi connectivity index (χ4n) is 3.69. The molecule has 1 unspecified atom stereocenters. The lowest BCUT2D eigenvalue weighted by molar-refractivity contribution is -0.131. The van der Waals surface area contributed by atoms with Crippen molar-refractivity contribution in [2.75, 3.05) is 18.4 Å². The van der Waals surface area contributed by atoms with Gasteiger partial charge in [-0.15, -0.1) is 0 Å². The Kier molecular flexibility index (Phi) is 4.31. The Morgan fingerprint density at radius 3 is 2.84 bits per heavy atom. The molecular formula is C18H26N6O. The number of rotatable bonds is 6. The Balaban J connectivity index is 1.54. The first kappa shape index (κ1) is 16.3. The van der Waals surface area contributed by atoms with Crippen molar-refractivity contribution in [1.82, 2.24) is 24.4 Å². The van der Waals surface area contributed by atoms with Crippen molar-refractivity contribution in [3.8, 4) is 0 Å². The molecule has 1 aliphatic carbocycles. The maximum Gasteiger partial charge on any atom is 0.225 e. The van der Waals surface area contributed by atoms with E-state index < -0.39 is 0 Å². The fraction of sp³-hybridized carbons (Fsp3) is 0.667. The normalized spacial score (nSPS) is 20.4. The summed E-state index contributed by atoms with van der Waals surface area (Å²) in [7, 11) is 0. The van der Waals surface area contributed by atoms with Crippen molar-refractivity contribution in [3.63, 3.8) is 0 Å². The van der Waals surface area contributed by atoms with E-state index in [1.54, 1.807) is 6.33 Å². The van der Waals surface area contributed by atoms with Gasteiger partial charge >= 0.3 is 0 Å². The van der Waals surface area contributed by atoms with Crippen LogP contribution < -0.4 is 5.32 Å². The summed E-state index contributed by atoms with van der Waals surface area (Å²) < 4.78 is 2.17. The van der Waals surface area contributed by atoms with Crippen molar-refractivity contribution in [1.29, 1.82) is 0 Å². The van der Waals surface area contributed by atoms with E-state index in [4.69, 9.17) is 4.98 Å². The van der Waals surface area contributed by atoms with Crippen LogP contribution in [-0.2, 0) is 17.8 Å². The second-order valence-corrected chi connectivity index (χ2v) is 7.11. The number of likely N-dealkylation sites (tertiary alicyclic amines) is 1. The first-order valence-corrected chi connectivity index (χ1v) is 9.46. The van der Waals surface area contributed by atoms with Gasteiger partial charge in [-0.05, 0) is 32.6 Å². The average molecular weight is 342 g/mol. The zero-order chi connectivity index (χ0) is 17.4. The van der Waals surface area contributed by atoms with Crippen LogP contribution >= 0.6 is 0 Å². The summed E-state index contributed by atoms with van der Waals surface area (Å²) in [5, 5.41) is 3.51. The molecule has 134 valence electrons. The van der Waals surface area contributed by atoms with Gasteiger partial charge in [-0.3, -0.25) is 4.79 Å². The molecule has 0 radical (unpaired) electrons. The summed E-state index contributed by atoms with van der Waals surface area (Å²) in [5.41, 5.74) is 1.74. The van der Waals surface area contributed by atoms with Crippen LogP contribution in [0.3, 0.4) is 0 Å². The molecule has 1 aliphatic heterocycles. The third-order valence-electron chi connectivity index (χ3n) is 5.17. The van der Waals surface area contributed by atoms with E-state index in [0.29, 0.717) is 11.8 Å². The quantitative estimate of drug-likeness (QED) is 0.871. The number of fused-ring (bicyclic) bond motifs is 1. The number of carbonyl (C=O) groups is 1. The van der Waals surface area contributed by atoms with E-state index >= 15 is 0 Å². The minimum atomic E-state index is 0.238. The Hall–Kier alpha value is -2.18. The highest BCUT2D eigenvalue weighted by atomic mass is 16.2. The molecule has 4 rings (SSSR count). The summed E-state index contributed by atoms with van der Waals surface area (Å²) in [4.78, 5) is 27.9. The second-order valence-electron chi connectivity index (χ2n) is 7.11. The van der Waals surface area contributed by atoms with E-state index in [1.165, 1.54) is 0 Å². The van der Waals surface area contributed by atoms with Gasteiger partial charge in [0.1, 0.15) is 12.2 Å². The Bertz CT molecular complexity index is 781. The number of nitrogens with zero attached hydrogens (tertiary/aromatic N) is 5. The Morgan fingerprint density at radius 1 is 1.28 bits per heavy atom. The molecule has 2 aromatic rings. The number of nitrogens with one attached hydrogen (secondary N) is 1. The van der Waals surface area contributed by atoms with Crippen LogP contribution in [-0.4, -0.2) is 49.5 Å². The predicted octanol–water partition coefficient (Wildman–Crippen LogP) is 2.22. The smallest absolute Gasteiger partial charge is 0.225 e. The van der Waals surface area contributed by atoms with Crippen LogP contribution in [0.2, 0.25) is 0 Å². The fourth-order valence-corrected chi connectivity index (χ4v) is 3.69. The molecular weight excluding hydrogens is 316 g/mol. The first-order valence-electron chi connectivity index (χ1n) is 9.46. The molecule has 1 atom stereocenters. The monoisotopic (exact) mass is 342 g/mol. The van der Waals surface area contributed by atoms with E-state index in [-0.39, 0.29) is 6.04 Å². The number of carbonyl (C=O) groups excluding carboxylic acids is 1. The number of imidazole rings is 1. The van der Waals surface area contributed by atoms with E-state index in [1.807, 2.05) is 4.90 Å². The van der Waals surface area contributed by atoms with Gasteiger partial charge in [0, 0.05) is 38.0 Å². The van der Waals surface area contributed by atoms with Crippen LogP contribution in [0.4, 0.5) is 5.82 Å². The number of aryl methyl sites for hydroxylation is 2. The SMILES string of the molecule is CCCc1nc2c(NC3CCN(C(=O)C4CC4)C3)ncnc2n1CC. The summed E-state index contributed by atoms with van der Waals surface area (Å²) in [6.07, 6.45) is 6.69. The third kappa shape index (κ3) is 3.07. The second kappa shape index (κ2) is 6.61. The van der Waals surface area contributed by atoms with E-state index in [2.05, 4.69) is 33.7 Å². The molecule has 2 aromatic heterocycles. The lowest BCUT2D eigenvalue weighted by Crippen LogP contribution is -2.32. The van der Waals surface area contributed by atoms with Gasteiger partial charge in [0.05, 0.1) is 0 Å². The van der Waals surface area contributed by atoms with Crippen molar-refractivity contribution in [2.24, 2.45) is 5.92 Å². The van der Waals surface area contributed by atoms with Crippen molar-refractivity contribution in [3.05, 3.63) is 12.2 Å². The predicted molar refractivity (Wildman–Crippen MR) is 96.3 cm³/mol. The van der Waals surface area contributed by atoms with Crippen LogP contribution in [0, 0.1) is 5.92 Å². The molecule has 0 bridgehead atoms. The average Bonchev–Trinajstić information content (AvgIpc) is 3.26. The van der Waals surface area contributed by atoms with E-state index in [9.17, 15) is 4.79 Å². The molecule has 2 fully saturated rings. The van der Waals surface area contributed by atoms with Gasteiger partial charge in [-0.1, -0.05) is 6.92 Å². The van der Waals surface area contributed by atoms with Crippen molar-refractivity contribution >= 4 is 22.9 Å². The number of amides is 1. The number of hydrogen-bond acceptors (Lipinski definition) is 5. The van der Waals surface area contributed by atoms with Gasteiger partial charge in [0.15, 0.2) is 17.0 Å². The van der Waals surface area contributed by atoms with Gasteiger partial charge in [-0.2, -0.15) is 0 Å². The highest BCUT2D eigenvalue weighted by molar-refractivity contribution is 5.84. The molecule has 3 heterocycles. The van der Waals surface area contributed by atoms with Crippen LogP contribution in [0.25, 0.3) is 11.2 Å². The molecule has 7 heteroatoms. The zero-order valence-corrected chi connectivity index (χ0v) is 15.0. The molecule has 1 amide bonds. The standard InChI is InChI=1S/C18H26N6O/c1-3-5-14-22-15-16(19-11-20-17(15)24(14)4-2)21-13-8-9-23(10-13)18(25)12-6-7-12/h11-13H,3-10H2,1-2H3,(H,19,20,21). The summed E-state index contributed by atoms with van der Waals surface area (Å²) in [6.45, 7) is 6.74. The van der Waals surface area contributed by atoms with Gasteiger partial charge in [0.2, 0.25) is 5.91 Å². The van der Waals surface area contributed by atoms with Crippen molar-refractivity contribution in [2.45, 2.75) is 58.5 Å². The topological polar surface area (TPSA) is 75.9 Å². The number of aromatic nitrogens is 4. The molecule has 1 N–H and O–H groups in total. The summed E-state index contributed by atoms with van der Waals surface area (Å²) >= 11 is 0. The van der Waals surface area contributed by atoms with Crippen LogP contribution in [0.1, 0.15) is 45.4 Å². The molecule has 1 saturated carbocycles. The molecule has 2 aliphatic rings. The van der Waals surface area contributed by atoms with Gasteiger partial charge < -0.3 is 14.8 Å². The Morgan fingerprint density at radius 2 is 2.12 bits per heavy atom. The maximum absolute atomic E-state index is 12.2. The molecule has 1 saturated heterocycles. The van der Waals surface area contributed by atoms with Crippen molar-refractivity contribution < 1.29 is 4.79 Å². The number of anilines is 1. The zero-order valence-electron chi connectivity index (χ0n) is 15.0. The Labute approximate surface area is 147 Å². The van der Waals surface area contributed by atoms with Crippen LogP contribution in [0.15, 0.2) is 6.33 Å². The first-order chi connectivity index (χ1) is 12.2. The van der Waals surface area contributed by atoms with Crippen LogP contribution in [0.5, 0.6) is 0 Å². The molecule has 0 aromatic carbocycles. The molecule has 25 heavy (non-hydrogen) atoms. The highest BCUT2D eigenvalue weighted by Gasteiger charge is 2.36. The maximum atomic E-state index is 12.2. The van der Waals surface area contributed by atoms with Gasteiger partial charge in [0.25, 0.3) is 0 Å². The minimum absolute atomic E-state index is 0.238. The summed E-state index contributed by atoms with van der Waals surface area (Å²) in [6, 6.07) is 0.238.